The SMILES string of the molecule is CCOC(=O)CN1C(=O)[C@@H](N[C@@H](CCc2ccccc2)C(=O)OCC)CCc2ccccc21. The van der Waals surface area contributed by atoms with Gasteiger partial charge in [-0.05, 0) is 56.7 Å². The summed E-state index contributed by atoms with van der Waals surface area (Å²) in [6.45, 7) is 3.84. The lowest BCUT2D eigenvalue weighted by Crippen LogP contribution is -2.53. The number of ether oxygens (including phenoxy) is 2. The Labute approximate surface area is 195 Å². The van der Waals surface area contributed by atoms with Gasteiger partial charge in [-0.3, -0.25) is 24.6 Å². The number of anilines is 1. The summed E-state index contributed by atoms with van der Waals surface area (Å²) in [5.74, 6) is -1.09. The third kappa shape index (κ3) is 6.65. The number of carbonyl (C=O) groups is 3. The summed E-state index contributed by atoms with van der Waals surface area (Å²) >= 11 is 0. The summed E-state index contributed by atoms with van der Waals surface area (Å²) in [5.41, 5.74) is 2.80. The molecule has 0 aliphatic carbocycles. The van der Waals surface area contributed by atoms with Gasteiger partial charge in [-0.25, -0.2) is 0 Å². The molecule has 2 aromatic carbocycles. The van der Waals surface area contributed by atoms with Gasteiger partial charge in [-0.15, -0.1) is 0 Å². The fourth-order valence-corrected chi connectivity index (χ4v) is 4.08. The largest absolute Gasteiger partial charge is 0.465 e. The topological polar surface area (TPSA) is 84.9 Å². The Morgan fingerprint density at radius 2 is 1.73 bits per heavy atom. The van der Waals surface area contributed by atoms with E-state index in [9.17, 15) is 14.4 Å². The monoisotopic (exact) mass is 452 g/mol. The van der Waals surface area contributed by atoms with Gasteiger partial charge in [0.2, 0.25) is 5.91 Å². The number of carbonyl (C=O) groups excluding carboxylic acids is 3. The van der Waals surface area contributed by atoms with E-state index in [0.29, 0.717) is 31.4 Å². The van der Waals surface area contributed by atoms with Crippen molar-refractivity contribution in [3.8, 4) is 0 Å². The molecule has 7 nitrogen and oxygen atoms in total. The maximum Gasteiger partial charge on any atom is 0.326 e. The minimum Gasteiger partial charge on any atom is -0.465 e. The molecule has 0 aromatic heterocycles. The van der Waals surface area contributed by atoms with Gasteiger partial charge in [0.25, 0.3) is 0 Å². The highest BCUT2D eigenvalue weighted by molar-refractivity contribution is 6.02. The minimum absolute atomic E-state index is 0.171. The highest BCUT2D eigenvalue weighted by Gasteiger charge is 2.34. The predicted molar refractivity (Wildman–Crippen MR) is 126 cm³/mol. The quantitative estimate of drug-likeness (QED) is 0.558. The maximum absolute atomic E-state index is 13.5. The number of esters is 2. The molecule has 1 amide bonds. The first-order chi connectivity index (χ1) is 16.0. The Balaban J connectivity index is 1.80. The summed E-state index contributed by atoms with van der Waals surface area (Å²) in [7, 11) is 0. The van der Waals surface area contributed by atoms with Crippen LogP contribution in [0.4, 0.5) is 5.69 Å². The molecule has 0 saturated heterocycles. The number of benzene rings is 2. The van der Waals surface area contributed by atoms with Gasteiger partial charge >= 0.3 is 11.9 Å². The Morgan fingerprint density at radius 3 is 2.45 bits per heavy atom. The molecule has 33 heavy (non-hydrogen) atoms. The molecular weight excluding hydrogens is 420 g/mol. The van der Waals surface area contributed by atoms with E-state index in [1.165, 1.54) is 4.90 Å². The number of amides is 1. The Morgan fingerprint density at radius 1 is 1.03 bits per heavy atom. The van der Waals surface area contributed by atoms with E-state index in [1.807, 2.05) is 54.6 Å². The number of rotatable bonds is 10. The van der Waals surface area contributed by atoms with Gasteiger partial charge in [0.1, 0.15) is 12.6 Å². The molecular formula is C26H32N2O5. The molecule has 0 saturated carbocycles. The van der Waals surface area contributed by atoms with Gasteiger partial charge in [0.15, 0.2) is 0 Å². The van der Waals surface area contributed by atoms with Crippen LogP contribution in [0.15, 0.2) is 54.6 Å². The third-order valence-electron chi connectivity index (χ3n) is 5.68. The van der Waals surface area contributed by atoms with E-state index < -0.39 is 18.1 Å². The highest BCUT2D eigenvalue weighted by Crippen LogP contribution is 2.27. The number of para-hydroxylation sites is 1. The van der Waals surface area contributed by atoms with Crippen molar-refractivity contribution in [3.63, 3.8) is 0 Å². The lowest BCUT2D eigenvalue weighted by molar-refractivity contribution is -0.146. The molecule has 0 bridgehead atoms. The number of fused-ring (bicyclic) bond motifs is 1. The number of hydrogen-bond acceptors (Lipinski definition) is 6. The van der Waals surface area contributed by atoms with E-state index in [0.717, 1.165) is 11.1 Å². The standard InChI is InChI=1S/C26H32N2O5/c1-3-32-24(29)18-28-23-13-9-8-12-20(23)15-17-21(25(28)30)27-22(26(31)33-4-2)16-14-19-10-6-5-7-11-19/h5-13,21-22,27H,3-4,14-18H2,1-2H3/t21-,22-/m0/s1. The van der Waals surface area contributed by atoms with Crippen molar-refractivity contribution >= 4 is 23.5 Å². The third-order valence-corrected chi connectivity index (χ3v) is 5.68. The minimum atomic E-state index is -0.634. The number of aryl methyl sites for hydroxylation is 2. The van der Waals surface area contributed by atoms with E-state index in [-0.39, 0.29) is 31.6 Å². The maximum atomic E-state index is 13.5. The molecule has 0 fully saturated rings. The first-order valence-corrected chi connectivity index (χ1v) is 11.5. The van der Waals surface area contributed by atoms with Crippen LogP contribution >= 0.6 is 0 Å². The first kappa shape index (κ1) is 24.5. The zero-order valence-corrected chi connectivity index (χ0v) is 19.3. The van der Waals surface area contributed by atoms with Gasteiger partial charge in [-0.1, -0.05) is 48.5 Å². The van der Waals surface area contributed by atoms with Crippen molar-refractivity contribution in [2.45, 2.75) is 51.6 Å². The highest BCUT2D eigenvalue weighted by atomic mass is 16.5. The molecule has 0 spiro atoms. The molecule has 176 valence electrons. The van der Waals surface area contributed by atoms with Crippen molar-refractivity contribution in [1.82, 2.24) is 5.32 Å². The Kier molecular flexibility index (Phi) is 9.01. The average molecular weight is 453 g/mol. The van der Waals surface area contributed by atoms with Gasteiger partial charge < -0.3 is 9.47 Å². The molecule has 7 heteroatoms. The van der Waals surface area contributed by atoms with Crippen LogP contribution in [-0.2, 0) is 36.7 Å². The van der Waals surface area contributed by atoms with Crippen LogP contribution in [0.3, 0.4) is 0 Å². The van der Waals surface area contributed by atoms with Crippen LogP contribution in [0.2, 0.25) is 0 Å². The van der Waals surface area contributed by atoms with Gasteiger partial charge in [0.05, 0.1) is 19.3 Å². The summed E-state index contributed by atoms with van der Waals surface area (Å²) in [5, 5.41) is 3.25. The zero-order valence-electron chi connectivity index (χ0n) is 19.3. The molecule has 0 unspecified atom stereocenters. The molecule has 1 heterocycles. The van der Waals surface area contributed by atoms with Crippen LogP contribution in [0.25, 0.3) is 0 Å². The second-order valence-corrected chi connectivity index (χ2v) is 7.94. The zero-order chi connectivity index (χ0) is 23.6. The van der Waals surface area contributed by atoms with Crippen molar-refractivity contribution in [1.29, 1.82) is 0 Å². The van der Waals surface area contributed by atoms with Gasteiger partial charge in [-0.2, -0.15) is 0 Å². The fraction of sp³-hybridized carbons (Fsp3) is 0.423. The van der Waals surface area contributed by atoms with Crippen LogP contribution in [0.1, 0.15) is 37.8 Å². The lowest BCUT2D eigenvalue weighted by atomic mass is 10.0. The number of hydrogen-bond donors (Lipinski definition) is 1. The van der Waals surface area contributed by atoms with E-state index in [2.05, 4.69) is 5.32 Å². The van der Waals surface area contributed by atoms with Crippen LogP contribution < -0.4 is 10.2 Å². The second-order valence-electron chi connectivity index (χ2n) is 7.94. The normalized spacial score (nSPS) is 16.5. The van der Waals surface area contributed by atoms with Crippen molar-refractivity contribution in [2.24, 2.45) is 0 Å². The summed E-state index contributed by atoms with van der Waals surface area (Å²) in [6.07, 6.45) is 2.33. The van der Waals surface area contributed by atoms with Crippen LogP contribution in [0, 0.1) is 0 Å². The molecule has 1 N–H and O–H groups in total. The predicted octanol–water partition coefficient (Wildman–Crippen LogP) is 3.05. The Hall–Kier alpha value is -3.19. The Bertz CT molecular complexity index is 947. The number of nitrogens with zero attached hydrogens (tertiary/aromatic N) is 1. The number of nitrogens with one attached hydrogen (secondary N) is 1. The molecule has 2 aromatic rings. The van der Waals surface area contributed by atoms with Gasteiger partial charge in [0, 0.05) is 5.69 Å². The molecule has 2 atom stereocenters. The van der Waals surface area contributed by atoms with Crippen molar-refractivity contribution < 1.29 is 23.9 Å². The molecule has 3 rings (SSSR count). The van der Waals surface area contributed by atoms with Crippen LogP contribution in [0.5, 0.6) is 0 Å². The van der Waals surface area contributed by atoms with E-state index in [1.54, 1.807) is 13.8 Å². The average Bonchev–Trinajstić information content (AvgIpc) is 2.95. The first-order valence-electron chi connectivity index (χ1n) is 11.5. The summed E-state index contributed by atoms with van der Waals surface area (Å²) in [4.78, 5) is 40.0. The van der Waals surface area contributed by atoms with E-state index >= 15 is 0 Å². The second kappa shape index (κ2) is 12.2. The molecule has 0 radical (unpaired) electrons. The smallest absolute Gasteiger partial charge is 0.326 e. The van der Waals surface area contributed by atoms with Crippen LogP contribution in [-0.4, -0.2) is 49.7 Å². The van der Waals surface area contributed by atoms with E-state index in [4.69, 9.17) is 9.47 Å². The summed E-state index contributed by atoms with van der Waals surface area (Å²) < 4.78 is 10.4. The molecule has 1 aliphatic heterocycles. The fourth-order valence-electron chi connectivity index (χ4n) is 4.08. The van der Waals surface area contributed by atoms with Crippen molar-refractivity contribution in [3.05, 3.63) is 65.7 Å². The lowest BCUT2D eigenvalue weighted by Gasteiger charge is -2.28. The van der Waals surface area contributed by atoms with Crippen molar-refractivity contribution in [2.75, 3.05) is 24.7 Å². The molecule has 1 aliphatic rings. The summed E-state index contributed by atoms with van der Waals surface area (Å²) in [6, 6.07) is 16.2.